The maximum atomic E-state index is 12.3. The van der Waals surface area contributed by atoms with Crippen molar-refractivity contribution in [1.82, 2.24) is 0 Å². The Morgan fingerprint density at radius 1 is 1.20 bits per heavy atom. The lowest BCUT2D eigenvalue weighted by atomic mass is 10.0. The third-order valence-electron chi connectivity index (χ3n) is 4.59. The van der Waals surface area contributed by atoms with Gasteiger partial charge in [-0.05, 0) is 49.7 Å². The van der Waals surface area contributed by atoms with Crippen LogP contribution in [-0.2, 0) is 10.8 Å². The second-order valence-corrected chi connectivity index (χ2v) is 9.09. The van der Waals surface area contributed by atoms with Crippen LogP contribution in [0.5, 0.6) is 0 Å². The van der Waals surface area contributed by atoms with Gasteiger partial charge in [0.2, 0.25) is 0 Å². The summed E-state index contributed by atoms with van der Waals surface area (Å²) in [5.74, 6) is 7.10. The minimum absolute atomic E-state index is 0.130. The van der Waals surface area contributed by atoms with E-state index in [2.05, 4.69) is 53.2 Å². The van der Waals surface area contributed by atoms with E-state index in [9.17, 15) is 4.21 Å². The quantitative estimate of drug-likeness (QED) is 0.663. The molecule has 3 atom stereocenters. The van der Waals surface area contributed by atoms with Crippen molar-refractivity contribution in [2.45, 2.75) is 25.1 Å². The monoisotopic (exact) mass is 366 g/mol. The first kappa shape index (κ1) is 16.3. The van der Waals surface area contributed by atoms with Crippen LogP contribution in [0.1, 0.15) is 31.0 Å². The number of hydrogen-bond donors (Lipinski definition) is 1. The molecule has 2 N–H and O–H groups in total. The molecule has 0 amide bonds. The molecule has 0 bridgehead atoms. The largest absolute Gasteiger partial charge is 0.386 e. The molecule has 3 nitrogen and oxygen atoms in total. The van der Waals surface area contributed by atoms with E-state index in [1.807, 2.05) is 13.8 Å². The lowest BCUT2D eigenvalue weighted by Gasteiger charge is -2.23. The zero-order valence-corrected chi connectivity index (χ0v) is 15.7. The molecule has 1 aromatic heterocycles. The Bertz CT molecular complexity index is 1100. The topological polar surface area (TPSA) is 55.5 Å². The first-order chi connectivity index (χ1) is 12.1. The van der Waals surface area contributed by atoms with Gasteiger partial charge >= 0.3 is 0 Å². The molecule has 3 unspecified atom stereocenters. The summed E-state index contributed by atoms with van der Waals surface area (Å²) in [6, 6.07) is 12.6. The van der Waals surface area contributed by atoms with Crippen LogP contribution < -0.4 is 5.73 Å². The van der Waals surface area contributed by atoms with E-state index in [4.69, 9.17) is 5.73 Å². The van der Waals surface area contributed by atoms with Gasteiger partial charge in [0.1, 0.15) is 5.84 Å². The summed E-state index contributed by atoms with van der Waals surface area (Å²) in [5.41, 5.74) is 8.07. The summed E-state index contributed by atoms with van der Waals surface area (Å²) in [6.45, 7) is 3.72. The van der Waals surface area contributed by atoms with Crippen molar-refractivity contribution in [3.05, 3.63) is 47.5 Å². The first-order valence-electron chi connectivity index (χ1n) is 8.16. The number of fused-ring (bicyclic) bond motifs is 3. The van der Waals surface area contributed by atoms with Gasteiger partial charge in [-0.15, -0.1) is 17.3 Å². The van der Waals surface area contributed by atoms with Gasteiger partial charge in [-0.25, -0.2) is 0 Å². The van der Waals surface area contributed by atoms with Crippen molar-refractivity contribution in [2.75, 3.05) is 5.75 Å². The molecule has 0 aliphatic carbocycles. The van der Waals surface area contributed by atoms with Gasteiger partial charge in [-0.3, -0.25) is 9.20 Å². The van der Waals surface area contributed by atoms with Crippen molar-refractivity contribution in [3.8, 4) is 11.8 Å². The van der Waals surface area contributed by atoms with E-state index < -0.39 is 10.8 Å². The molecule has 0 saturated carbocycles. The summed E-state index contributed by atoms with van der Waals surface area (Å²) in [6.07, 6.45) is 0. The average Bonchev–Trinajstić information content (AvgIpc) is 2.97. The minimum atomic E-state index is -0.975. The zero-order chi connectivity index (χ0) is 17.6. The third-order valence-corrected chi connectivity index (χ3v) is 7.41. The Morgan fingerprint density at radius 2 is 1.92 bits per heavy atom. The predicted octanol–water partition coefficient (Wildman–Crippen LogP) is 3.98. The fraction of sp³-hybridized carbons (Fsp3) is 0.250. The van der Waals surface area contributed by atoms with E-state index in [1.165, 1.54) is 20.2 Å². The molecule has 5 heteroatoms. The fourth-order valence-corrected chi connectivity index (χ4v) is 5.42. The Hall–Kier alpha value is -2.16. The number of thiophene rings is 1. The van der Waals surface area contributed by atoms with E-state index in [0.717, 1.165) is 11.1 Å². The Kier molecular flexibility index (Phi) is 4.10. The molecule has 1 aliphatic heterocycles. The summed E-state index contributed by atoms with van der Waals surface area (Å²) in [4.78, 5) is 4.58. The van der Waals surface area contributed by atoms with Crippen molar-refractivity contribution in [2.24, 2.45) is 10.7 Å². The number of hydrogen-bond acceptors (Lipinski definition) is 4. The zero-order valence-electron chi connectivity index (χ0n) is 14.1. The predicted molar refractivity (Wildman–Crippen MR) is 109 cm³/mol. The highest BCUT2D eigenvalue weighted by Gasteiger charge is 2.27. The summed E-state index contributed by atoms with van der Waals surface area (Å²) >= 11 is 1.78. The highest BCUT2D eigenvalue weighted by molar-refractivity contribution is 7.86. The molecule has 126 valence electrons. The number of rotatable bonds is 1. The van der Waals surface area contributed by atoms with Crippen molar-refractivity contribution >= 4 is 48.1 Å². The first-order valence-corrected chi connectivity index (χ1v) is 10.4. The molecule has 2 heterocycles. The van der Waals surface area contributed by atoms with Crippen molar-refractivity contribution in [3.63, 3.8) is 0 Å². The summed E-state index contributed by atoms with van der Waals surface area (Å²) < 4.78 is 14.8. The summed E-state index contributed by atoms with van der Waals surface area (Å²) in [5, 5.41) is 2.26. The van der Waals surface area contributed by atoms with Gasteiger partial charge in [0.15, 0.2) is 0 Å². The maximum Gasteiger partial charge on any atom is 0.110 e. The van der Waals surface area contributed by atoms with Gasteiger partial charge in [-0.1, -0.05) is 12.0 Å². The van der Waals surface area contributed by atoms with Crippen molar-refractivity contribution in [1.29, 1.82) is 0 Å². The second kappa shape index (κ2) is 6.29. The van der Waals surface area contributed by atoms with Gasteiger partial charge < -0.3 is 5.73 Å². The van der Waals surface area contributed by atoms with E-state index >= 15 is 0 Å². The molecular formula is C20H18N2OS2. The van der Waals surface area contributed by atoms with Crippen LogP contribution in [0, 0.1) is 11.8 Å². The highest BCUT2D eigenvalue weighted by atomic mass is 32.2. The average molecular weight is 367 g/mol. The molecule has 2 aromatic carbocycles. The lowest BCUT2D eigenvalue weighted by molar-refractivity contribution is 0.667. The van der Waals surface area contributed by atoms with Crippen LogP contribution in [0.3, 0.4) is 0 Å². The standard InChI is InChI=1S/C20H18N2OS2/c1-3-4-13-5-7-18-15(9-13)16-10-14(6-8-19(16)24-18)17-11-25(23)12(2)20(21)22-17/h5-10,12,17H,11H2,1-2H3,(H2,21,22). The molecule has 0 radical (unpaired) electrons. The molecule has 4 rings (SSSR count). The Morgan fingerprint density at radius 3 is 2.64 bits per heavy atom. The van der Waals surface area contributed by atoms with Crippen LogP contribution in [0.15, 0.2) is 41.4 Å². The number of nitrogens with zero attached hydrogens (tertiary/aromatic N) is 1. The Balaban J connectivity index is 1.86. The highest BCUT2D eigenvalue weighted by Crippen LogP contribution is 2.36. The second-order valence-electron chi connectivity index (χ2n) is 6.20. The van der Waals surface area contributed by atoms with E-state index in [1.54, 1.807) is 11.3 Å². The van der Waals surface area contributed by atoms with Crippen LogP contribution in [0.2, 0.25) is 0 Å². The SMILES string of the molecule is CC#Cc1ccc2sc3ccc(C4CS(=O)C(C)C(N)=N4)cc3c2c1. The fourth-order valence-electron chi connectivity index (χ4n) is 3.15. The minimum Gasteiger partial charge on any atom is -0.386 e. The van der Waals surface area contributed by atoms with Gasteiger partial charge in [0, 0.05) is 36.5 Å². The number of amidine groups is 1. The molecule has 0 saturated heterocycles. The summed E-state index contributed by atoms with van der Waals surface area (Å²) in [7, 11) is -0.975. The van der Waals surface area contributed by atoms with Crippen LogP contribution in [0.25, 0.3) is 20.2 Å². The van der Waals surface area contributed by atoms with E-state index in [0.29, 0.717) is 11.6 Å². The van der Waals surface area contributed by atoms with Crippen molar-refractivity contribution < 1.29 is 4.21 Å². The normalized spacial score (nSPS) is 23.3. The smallest absolute Gasteiger partial charge is 0.110 e. The number of benzene rings is 2. The molecule has 3 aromatic rings. The number of aliphatic imine (C=N–C) groups is 1. The third kappa shape index (κ3) is 2.86. The van der Waals surface area contributed by atoms with Gasteiger partial charge in [0.05, 0.1) is 17.0 Å². The van der Waals surface area contributed by atoms with Gasteiger partial charge in [-0.2, -0.15) is 0 Å². The number of nitrogens with two attached hydrogens (primary N) is 1. The Labute approximate surface area is 153 Å². The van der Waals surface area contributed by atoms with Crippen LogP contribution >= 0.6 is 11.3 Å². The van der Waals surface area contributed by atoms with Crippen LogP contribution in [0.4, 0.5) is 0 Å². The maximum absolute atomic E-state index is 12.3. The molecule has 25 heavy (non-hydrogen) atoms. The molecule has 0 spiro atoms. The van der Waals surface area contributed by atoms with Crippen LogP contribution in [-0.4, -0.2) is 21.0 Å². The van der Waals surface area contributed by atoms with Gasteiger partial charge in [0.25, 0.3) is 0 Å². The molecule has 0 fully saturated rings. The lowest BCUT2D eigenvalue weighted by Crippen LogP contribution is -2.37. The molecule has 1 aliphatic rings. The van der Waals surface area contributed by atoms with E-state index in [-0.39, 0.29) is 11.3 Å². The molecular weight excluding hydrogens is 348 g/mol.